The first-order valence-electron chi connectivity index (χ1n) is 16.5. The smallest absolute Gasteiger partial charge is 0.130 e. The monoisotopic (exact) mass is 610 g/mol. The third kappa shape index (κ3) is 6.35. The predicted octanol–water partition coefficient (Wildman–Crippen LogP) is 10.9. The second-order valence-corrected chi connectivity index (χ2v) is 13.2. The van der Waals surface area contributed by atoms with Crippen LogP contribution in [-0.4, -0.2) is 0 Å². The quantitative estimate of drug-likeness (QED) is 0.171. The van der Waals surface area contributed by atoms with E-state index in [2.05, 4.69) is 81.4 Å². The van der Waals surface area contributed by atoms with Crippen molar-refractivity contribution in [1.82, 2.24) is 0 Å². The molecule has 46 heavy (non-hydrogen) atoms. The van der Waals surface area contributed by atoms with E-state index < -0.39 is 0 Å². The maximum Gasteiger partial charge on any atom is 0.130 e. The lowest BCUT2D eigenvalue weighted by atomic mass is 9.62. The molecule has 0 bridgehead atoms. The van der Waals surface area contributed by atoms with Crippen molar-refractivity contribution in [1.29, 1.82) is 0 Å². The molecule has 6 rings (SSSR count). The minimum atomic E-state index is -0.111. The lowest BCUT2D eigenvalue weighted by Gasteiger charge is -2.42. The van der Waals surface area contributed by atoms with E-state index in [4.69, 9.17) is 20.9 Å². The number of hydrogen-bond donors (Lipinski definition) is 2. The van der Waals surface area contributed by atoms with Crippen LogP contribution in [0.25, 0.3) is 0 Å². The van der Waals surface area contributed by atoms with E-state index in [9.17, 15) is 0 Å². The molecule has 0 heterocycles. The summed E-state index contributed by atoms with van der Waals surface area (Å²) in [7, 11) is 0. The fourth-order valence-corrected chi connectivity index (χ4v) is 7.19. The summed E-state index contributed by atoms with van der Waals surface area (Å²) in [5.74, 6) is 3.97. The van der Waals surface area contributed by atoms with E-state index in [0.717, 1.165) is 88.7 Å². The molecule has 1 aliphatic carbocycles. The van der Waals surface area contributed by atoms with Crippen molar-refractivity contribution in [2.24, 2.45) is 0 Å². The number of rotatable bonds is 8. The maximum absolute atomic E-state index is 6.40. The van der Waals surface area contributed by atoms with Gasteiger partial charge in [-0.1, -0.05) is 55.5 Å². The van der Waals surface area contributed by atoms with Crippen LogP contribution in [0.2, 0.25) is 0 Å². The molecule has 0 spiro atoms. The van der Waals surface area contributed by atoms with Gasteiger partial charge in [0.2, 0.25) is 0 Å². The van der Waals surface area contributed by atoms with Crippen molar-refractivity contribution in [3.8, 4) is 23.0 Å². The van der Waals surface area contributed by atoms with E-state index >= 15 is 0 Å². The third-order valence-electron chi connectivity index (χ3n) is 9.96. The molecule has 0 aromatic heterocycles. The van der Waals surface area contributed by atoms with E-state index in [1.807, 2.05) is 50.2 Å². The molecular weight excluding hydrogens is 564 g/mol. The first kappa shape index (κ1) is 31.3. The summed E-state index contributed by atoms with van der Waals surface area (Å²) >= 11 is 0. The Bertz CT molecular complexity index is 1760. The van der Waals surface area contributed by atoms with Crippen molar-refractivity contribution in [3.05, 3.63) is 142 Å². The van der Waals surface area contributed by atoms with Crippen molar-refractivity contribution in [2.45, 2.75) is 78.1 Å². The normalized spacial score (nSPS) is 14.6. The third-order valence-corrected chi connectivity index (χ3v) is 9.96. The zero-order valence-electron chi connectivity index (χ0n) is 27.8. The Morgan fingerprint density at radius 1 is 0.587 bits per heavy atom. The molecule has 4 N–H and O–H groups in total. The first-order chi connectivity index (χ1) is 22.1. The fourth-order valence-electron chi connectivity index (χ4n) is 7.19. The van der Waals surface area contributed by atoms with Gasteiger partial charge in [0, 0.05) is 16.8 Å². The van der Waals surface area contributed by atoms with Crippen LogP contribution >= 0.6 is 0 Å². The van der Waals surface area contributed by atoms with E-state index in [0.29, 0.717) is 5.92 Å². The van der Waals surface area contributed by atoms with Crippen LogP contribution in [0.3, 0.4) is 0 Å². The summed E-state index contributed by atoms with van der Waals surface area (Å²) in [6.45, 7) is 10.6. The molecule has 0 amide bonds. The molecule has 0 unspecified atom stereocenters. The summed E-state index contributed by atoms with van der Waals surface area (Å²) in [6, 6.07) is 34.3. The number of hydrogen-bond acceptors (Lipinski definition) is 4. The van der Waals surface area contributed by atoms with Gasteiger partial charge in [0.15, 0.2) is 0 Å². The highest BCUT2D eigenvalue weighted by Gasteiger charge is 2.39. The molecule has 5 aromatic rings. The van der Waals surface area contributed by atoms with Crippen LogP contribution in [0.4, 0.5) is 11.4 Å². The Kier molecular flexibility index (Phi) is 8.82. The Labute approximate surface area is 274 Å². The van der Waals surface area contributed by atoms with Crippen LogP contribution in [0.1, 0.15) is 83.0 Å². The molecule has 0 radical (unpaired) electrons. The van der Waals surface area contributed by atoms with Crippen LogP contribution < -0.4 is 20.9 Å². The summed E-state index contributed by atoms with van der Waals surface area (Å²) in [5.41, 5.74) is 23.2. The number of benzene rings is 5. The molecule has 0 saturated heterocycles. The average Bonchev–Trinajstić information content (AvgIpc) is 3.05. The lowest BCUT2D eigenvalue weighted by Crippen LogP contribution is -2.33. The Morgan fingerprint density at radius 3 is 1.48 bits per heavy atom. The van der Waals surface area contributed by atoms with Gasteiger partial charge in [0.1, 0.15) is 23.0 Å². The fraction of sp³-hybridized carbons (Fsp3) is 0.286. The van der Waals surface area contributed by atoms with Crippen LogP contribution in [0.15, 0.2) is 97.1 Å². The van der Waals surface area contributed by atoms with Gasteiger partial charge in [-0.15, -0.1) is 0 Å². The largest absolute Gasteiger partial charge is 0.457 e. The van der Waals surface area contributed by atoms with Crippen molar-refractivity contribution in [2.75, 3.05) is 11.5 Å². The second kappa shape index (κ2) is 13.0. The lowest BCUT2D eigenvalue weighted by molar-refractivity contribution is 0.314. The van der Waals surface area contributed by atoms with Crippen molar-refractivity contribution >= 4 is 11.4 Å². The summed E-state index contributed by atoms with van der Waals surface area (Å²) < 4.78 is 12.8. The van der Waals surface area contributed by atoms with Crippen LogP contribution in [0.5, 0.6) is 23.0 Å². The number of ether oxygens (including phenoxy) is 2. The van der Waals surface area contributed by atoms with Crippen LogP contribution in [0, 0.1) is 27.7 Å². The van der Waals surface area contributed by atoms with Gasteiger partial charge in [-0.3, -0.25) is 0 Å². The number of anilines is 2. The average molecular weight is 611 g/mol. The molecule has 0 atom stereocenters. The highest BCUT2D eigenvalue weighted by molar-refractivity contribution is 5.53. The maximum atomic E-state index is 6.40. The second-order valence-electron chi connectivity index (χ2n) is 13.2. The van der Waals surface area contributed by atoms with Gasteiger partial charge >= 0.3 is 0 Å². The van der Waals surface area contributed by atoms with Gasteiger partial charge in [0.05, 0.1) is 0 Å². The number of nitrogen functional groups attached to an aromatic ring is 2. The Morgan fingerprint density at radius 2 is 1.04 bits per heavy atom. The van der Waals surface area contributed by atoms with Gasteiger partial charge in [0.25, 0.3) is 0 Å². The highest BCUT2D eigenvalue weighted by Crippen LogP contribution is 2.50. The zero-order chi connectivity index (χ0) is 32.4. The van der Waals surface area contributed by atoms with Gasteiger partial charge < -0.3 is 20.9 Å². The van der Waals surface area contributed by atoms with Crippen molar-refractivity contribution < 1.29 is 9.47 Å². The molecule has 0 aliphatic heterocycles. The van der Waals surface area contributed by atoms with Gasteiger partial charge in [-0.25, -0.2) is 0 Å². The predicted molar refractivity (Wildman–Crippen MR) is 191 cm³/mol. The SMILES string of the molecule is CCc1cccc(C2CCC(c3ccc(Oc4ccc(N)cc4C)c(C)c3)(c3ccc(Oc4ccc(N)cc4C)c(C)c3)CC2)c1. The zero-order valence-corrected chi connectivity index (χ0v) is 27.8. The molecule has 4 nitrogen and oxygen atoms in total. The minimum absolute atomic E-state index is 0.111. The standard InChI is InChI=1S/C42H46N2O2/c1-6-31-8-7-9-33(26-31)32-18-20-42(21-19-32,34-10-14-38(27(2)22-34)45-40-16-12-36(43)24-29(40)4)35-11-15-39(28(3)23-35)46-41-17-13-37(44)25-30(41)5/h7-17,22-26,32H,6,18-21,43-44H2,1-5H3. The first-order valence-corrected chi connectivity index (χ1v) is 16.5. The number of aryl methyl sites for hydroxylation is 5. The molecule has 236 valence electrons. The molecule has 1 saturated carbocycles. The van der Waals surface area contributed by atoms with E-state index in [1.165, 1.54) is 22.3 Å². The molecular formula is C42H46N2O2. The summed E-state index contributed by atoms with van der Waals surface area (Å²) in [6.07, 6.45) is 5.48. The highest BCUT2D eigenvalue weighted by atomic mass is 16.5. The van der Waals surface area contributed by atoms with Gasteiger partial charge in [-0.2, -0.15) is 0 Å². The topological polar surface area (TPSA) is 70.5 Å². The molecule has 4 heteroatoms. The minimum Gasteiger partial charge on any atom is -0.457 e. The summed E-state index contributed by atoms with van der Waals surface area (Å²) in [5, 5.41) is 0. The molecule has 1 aliphatic rings. The van der Waals surface area contributed by atoms with Gasteiger partial charge in [-0.05, 0) is 159 Å². The Balaban J connectivity index is 1.34. The van der Waals surface area contributed by atoms with Crippen LogP contribution in [-0.2, 0) is 11.8 Å². The Hall–Kier alpha value is -4.70. The van der Waals surface area contributed by atoms with E-state index in [-0.39, 0.29) is 5.41 Å². The van der Waals surface area contributed by atoms with Crippen molar-refractivity contribution in [3.63, 3.8) is 0 Å². The summed E-state index contributed by atoms with van der Waals surface area (Å²) in [4.78, 5) is 0. The number of nitrogens with two attached hydrogens (primary N) is 2. The molecule has 1 fully saturated rings. The molecule has 5 aromatic carbocycles. The van der Waals surface area contributed by atoms with E-state index in [1.54, 1.807) is 0 Å².